The maximum atomic E-state index is 15.7. The van der Waals surface area contributed by atoms with E-state index < -0.39 is 5.79 Å². The Hall–Kier alpha value is -5.97. The number of aromatic nitrogens is 1. The van der Waals surface area contributed by atoms with E-state index in [0.717, 1.165) is 106 Å². The van der Waals surface area contributed by atoms with Gasteiger partial charge in [-0.25, -0.2) is 9.18 Å². The molecule has 4 aromatic rings. The second-order valence-electron chi connectivity index (χ2n) is 19.9. The van der Waals surface area contributed by atoms with Crippen molar-refractivity contribution in [1.82, 2.24) is 19.7 Å². The van der Waals surface area contributed by atoms with E-state index in [9.17, 15) is 14.7 Å². The van der Waals surface area contributed by atoms with Crippen LogP contribution in [0.15, 0.2) is 84.5 Å². The van der Waals surface area contributed by atoms with Crippen LogP contribution in [0.1, 0.15) is 80.9 Å². The fourth-order valence-electron chi connectivity index (χ4n) is 11.8. The van der Waals surface area contributed by atoms with Crippen LogP contribution >= 0.6 is 0 Å². The molecular weight excluding hydrogens is 852 g/mol. The summed E-state index contributed by atoms with van der Waals surface area (Å²) in [7, 11) is 0. The van der Waals surface area contributed by atoms with Crippen molar-refractivity contribution in [3.05, 3.63) is 101 Å². The number of allylic oxidation sites excluding steroid dienone is 1. The van der Waals surface area contributed by atoms with Gasteiger partial charge in [0, 0.05) is 123 Å². The molecule has 8 N–H and O–H groups in total. The van der Waals surface area contributed by atoms with Crippen LogP contribution in [0.4, 0.5) is 26.2 Å². The van der Waals surface area contributed by atoms with Crippen molar-refractivity contribution in [3.63, 3.8) is 0 Å². The SMILES string of the molecule is NC(N)=C(/C=C(\N)c1ccccc1O)N1CC2CCC(C1)N2c1ccc(F)c(N2CCC(CN3CCC4(CC3)OCC(n3cc(C5CC5)c5cc(N6CCC(=O)NC6=O)ccc53)CO4)CC2)c1. The number of benzene rings is 3. The monoisotopic (exact) mass is 914 g/mol. The first-order chi connectivity index (χ1) is 32.5. The lowest BCUT2D eigenvalue weighted by Gasteiger charge is -2.46. The van der Waals surface area contributed by atoms with E-state index in [2.05, 4.69) is 53.9 Å². The molecule has 0 radical (unpaired) electrons. The number of nitrogens with zero attached hydrogens (tertiary/aromatic N) is 6. The van der Waals surface area contributed by atoms with E-state index in [1.54, 1.807) is 35.2 Å². The van der Waals surface area contributed by atoms with E-state index in [4.69, 9.17) is 26.7 Å². The van der Waals surface area contributed by atoms with Gasteiger partial charge in [-0.1, -0.05) is 12.1 Å². The summed E-state index contributed by atoms with van der Waals surface area (Å²) < 4.78 is 31.3. The zero-order chi connectivity index (χ0) is 46.0. The zero-order valence-electron chi connectivity index (χ0n) is 38.1. The Bertz CT molecular complexity index is 2580. The number of likely N-dealkylation sites (tertiary alicyclic amines) is 2. The number of imide groups is 1. The third-order valence-electron chi connectivity index (χ3n) is 15.6. The van der Waals surface area contributed by atoms with E-state index in [1.165, 1.54) is 5.56 Å². The van der Waals surface area contributed by atoms with Crippen LogP contribution in [-0.2, 0) is 14.3 Å². The molecule has 6 saturated heterocycles. The predicted molar refractivity (Wildman–Crippen MR) is 257 cm³/mol. The molecule has 7 heterocycles. The molecule has 6 aliphatic heterocycles. The maximum absolute atomic E-state index is 15.7. The molecular formula is C51H63FN10O5. The van der Waals surface area contributed by atoms with Gasteiger partial charge in [-0.3, -0.25) is 15.0 Å². The Kier molecular flexibility index (Phi) is 11.4. The average Bonchev–Trinajstić information content (AvgIpc) is 4.05. The van der Waals surface area contributed by atoms with Gasteiger partial charge < -0.3 is 55.9 Å². The number of piperazine rings is 1. The second-order valence-corrected chi connectivity index (χ2v) is 19.9. The van der Waals surface area contributed by atoms with Crippen LogP contribution in [-0.4, -0.2) is 115 Å². The molecule has 2 atom stereocenters. The van der Waals surface area contributed by atoms with Crippen LogP contribution in [0.3, 0.4) is 0 Å². The summed E-state index contributed by atoms with van der Waals surface area (Å²) in [6.07, 6.45) is 12.4. The van der Waals surface area contributed by atoms with Crippen LogP contribution < -0.4 is 37.2 Å². The number of hydrogen-bond acceptors (Lipinski definition) is 12. The number of nitrogens with two attached hydrogens (primary N) is 3. The average molecular weight is 915 g/mol. The highest BCUT2D eigenvalue weighted by Crippen LogP contribution is 2.46. The van der Waals surface area contributed by atoms with Crippen LogP contribution in [0.5, 0.6) is 5.75 Å². The van der Waals surface area contributed by atoms with E-state index in [1.807, 2.05) is 18.2 Å². The quantitative estimate of drug-likeness (QED) is 0.120. The highest BCUT2D eigenvalue weighted by molar-refractivity contribution is 6.06. The van der Waals surface area contributed by atoms with Gasteiger partial charge in [-0.05, 0) is 111 Å². The molecule has 15 nitrogen and oxygen atoms in total. The van der Waals surface area contributed by atoms with E-state index in [0.29, 0.717) is 73.7 Å². The largest absolute Gasteiger partial charge is 0.507 e. The fourth-order valence-corrected chi connectivity index (χ4v) is 11.8. The number of para-hydroxylation sites is 1. The topological polar surface area (TPSA) is 184 Å². The lowest BCUT2D eigenvalue weighted by Crippen LogP contribution is -2.54. The van der Waals surface area contributed by atoms with Crippen molar-refractivity contribution >= 4 is 45.6 Å². The van der Waals surface area contributed by atoms with Gasteiger partial charge in [-0.15, -0.1) is 0 Å². The Morgan fingerprint density at radius 2 is 1.55 bits per heavy atom. The van der Waals surface area contributed by atoms with Crippen molar-refractivity contribution in [2.45, 2.75) is 87.6 Å². The van der Waals surface area contributed by atoms with E-state index in [-0.39, 0.29) is 47.5 Å². The summed E-state index contributed by atoms with van der Waals surface area (Å²) in [4.78, 5) is 35.5. The summed E-state index contributed by atoms with van der Waals surface area (Å²) in [5, 5.41) is 14.0. The third kappa shape index (κ3) is 8.52. The number of ether oxygens (including phenoxy) is 2. The zero-order valence-corrected chi connectivity index (χ0v) is 38.1. The molecule has 1 aliphatic carbocycles. The van der Waals surface area contributed by atoms with Gasteiger partial charge in [-0.2, -0.15) is 0 Å². The highest BCUT2D eigenvalue weighted by Gasteiger charge is 2.43. The molecule has 11 rings (SSSR count). The second kappa shape index (κ2) is 17.6. The molecule has 3 amide bonds. The number of carbonyl (C=O) groups is 2. The molecule has 3 aromatic carbocycles. The smallest absolute Gasteiger partial charge is 0.328 e. The maximum Gasteiger partial charge on any atom is 0.328 e. The standard InChI is InChI=1S/C51H63FN10O5/c52-42-11-9-35(62-36-7-8-37(62)28-59(27-36)46(49(54)55)25-43(53)39-3-1-2-4-47(39)63)24-45(42)58-18-13-32(14-19-58)26-57-21-16-51(17-22-57)66-30-38(31-67-51)61-29-41(33-5-6-33)40-23-34(10-12-44(40)61)60-20-15-48(64)56-50(60)65/h1-4,9-12,23-25,29,32-33,36-38,63H,5-8,13-22,26-28,30-31,53-55H2,(H,56,64,65)/b43-25-. The summed E-state index contributed by atoms with van der Waals surface area (Å²) in [6.45, 7) is 7.44. The van der Waals surface area contributed by atoms with E-state index >= 15 is 4.39 Å². The van der Waals surface area contributed by atoms with Gasteiger partial charge >= 0.3 is 6.03 Å². The molecule has 1 saturated carbocycles. The minimum Gasteiger partial charge on any atom is -0.507 e. The summed E-state index contributed by atoms with van der Waals surface area (Å²) >= 11 is 0. The van der Waals surface area contributed by atoms with Crippen molar-refractivity contribution in [3.8, 4) is 5.75 Å². The van der Waals surface area contributed by atoms with Crippen LogP contribution in [0.25, 0.3) is 16.6 Å². The lowest BCUT2D eigenvalue weighted by molar-refractivity contribution is -0.295. The van der Waals surface area contributed by atoms with Crippen molar-refractivity contribution in [2.75, 3.05) is 80.3 Å². The number of anilines is 3. The Balaban J connectivity index is 0.672. The highest BCUT2D eigenvalue weighted by atomic mass is 19.1. The Morgan fingerprint density at radius 3 is 2.24 bits per heavy atom. The minimum atomic E-state index is -0.561. The summed E-state index contributed by atoms with van der Waals surface area (Å²) in [5.41, 5.74) is 25.4. The predicted octanol–water partition coefficient (Wildman–Crippen LogP) is 5.85. The lowest BCUT2D eigenvalue weighted by atomic mass is 9.94. The molecule has 7 fully saturated rings. The van der Waals surface area contributed by atoms with Crippen LogP contribution in [0.2, 0.25) is 0 Å². The number of rotatable bonds is 10. The van der Waals surface area contributed by atoms with Crippen LogP contribution in [0, 0.1) is 11.7 Å². The summed E-state index contributed by atoms with van der Waals surface area (Å²) in [6, 6.07) is 18.8. The number of amides is 3. The van der Waals surface area contributed by atoms with Gasteiger partial charge in [0.1, 0.15) is 17.4 Å². The first kappa shape index (κ1) is 43.6. The molecule has 1 spiro atoms. The normalized spacial score (nSPS) is 24.2. The molecule has 1 aromatic heterocycles. The van der Waals surface area contributed by atoms with Gasteiger partial charge in [0.15, 0.2) is 5.79 Å². The molecule has 67 heavy (non-hydrogen) atoms. The fraction of sp³-hybridized carbons (Fsp3) is 0.490. The molecule has 354 valence electrons. The number of phenolic OH excluding ortho intramolecular Hbond substituents is 1. The first-order valence-electron chi connectivity index (χ1n) is 24.3. The third-order valence-corrected chi connectivity index (χ3v) is 15.6. The number of halogens is 1. The molecule has 2 unspecified atom stereocenters. The Labute approximate surface area is 390 Å². The molecule has 16 heteroatoms. The van der Waals surface area contributed by atoms with Gasteiger partial charge in [0.2, 0.25) is 5.91 Å². The minimum absolute atomic E-state index is 0.0502. The molecule has 7 aliphatic rings. The number of phenols is 1. The number of urea groups is 1. The van der Waals surface area contributed by atoms with Gasteiger partial charge in [0.25, 0.3) is 0 Å². The number of carbonyl (C=O) groups excluding carboxylic acids is 2. The Morgan fingerprint density at radius 1 is 0.836 bits per heavy atom. The van der Waals surface area contributed by atoms with Crippen molar-refractivity contribution in [1.29, 1.82) is 0 Å². The number of nitrogens with one attached hydrogen (secondary N) is 1. The van der Waals surface area contributed by atoms with Gasteiger partial charge in [0.05, 0.1) is 30.6 Å². The number of fused-ring (bicyclic) bond motifs is 3. The first-order valence-corrected chi connectivity index (χ1v) is 24.3. The van der Waals surface area contributed by atoms with Crippen molar-refractivity contribution in [2.24, 2.45) is 23.1 Å². The summed E-state index contributed by atoms with van der Waals surface area (Å²) in [5.74, 6) is 0.368. The van der Waals surface area contributed by atoms with Crippen molar-refractivity contribution < 1.29 is 28.6 Å². The molecule has 2 bridgehead atoms. The number of aromatic hydroxyl groups is 1. The number of hydrogen-bond donors (Lipinski definition) is 5. The number of piperidine rings is 2.